The molecular formula is C22H31N3O3. The second-order valence-electron chi connectivity index (χ2n) is 6.18. The van der Waals surface area contributed by atoms with Crippen LogP contribution in [-0.2, 0) is 6.54 Å². The lowest BCUT2D eigenvalue weighted by atomic mass is 10.1. The molecule has 0 saturated heterocycles. The van der Waals surface area contributed by atoms with Crippen LogP contribution < -0.4 is 24.8 Å². The van der Waals surface area contributed by atoms with Crippen molar-refractivity contribution in [2.75, 3.05) is 27.4 Å². The third-order valence-corrected chi connectivity index (χ3v) is 4.28. The van der Waals surface area contributed by atoms with E-state index in [-0.39, 0.29) is 6.04 Å². The van der Waals surface area contributed by atoms with Crippen LogP contribution in [0, 0.1) is 0 Å². The number of nitrogens with zero attached hydrogens (tertiary/aromatic N) is 1. The van der Waals surface area contributed by atoms with Gasteiger partial charge in [-0.25, -0.2) is 0 Å². The van der Waals surface area contributed by atoms with Gasteiger partial charge in [0, 0.05) is 19.2 Å². The molecule has 28 heavy (non-hydrogen) atoms. The summed E-state index contributed by atoms with van der Waals surface area (Å²) < 4.78 is 16.8. The molecule has 0 fully saturated rings. The number of benzene rings is 2. The molecule has 2 N–H and O–H groups in total. The van der Waals surface area contributed by atoms with E-state index in [4.69, 9.17) is 14.2 Å². The molecule has 0 amide bonds. The molecule has 2 rings (SSSR count). The third kappa shape index (κ3) is 5.81. The second-order valence-corrected chi connectivity index (χ2v) is 6.18. The predicted octanol–water partition coefficient (Wildman–Crippen LogP) is 3.92. The van der Waals surface area contributed by atoms with Crippen LogP contribution in [0.3, 0.4) is 0 Å². The van der Waals surface area contributed by atoms with Gasteiger partial charge in [0.2, 0.25) is 0 Å². The first-order valence-corrected chi connectivity index (χ1v) is 9.61. The van der Waals surface area contributed by atoms with E-state index in [0.717, 1.165) is 28.4 Å². The summed E-state index contributed by atoms with van der Waals surface area (Å²) in [6.07, 6.45) is 0. The summed E-state index contributed by atoms with van der Waals surface area (Å²) in [6.45, 7) is 7.82. The van der Waals surface area contributed by atoms with Crippen molar-refractivity contribution in [3.63, 3.8) is 0 Å². The zero-order chi connectivity index (χ0) is 20.4. The predicted molar refractivity (Wildman–Crippen MR) is 114 cm³/mol. The van der Waals surface area contributed by atoms with Gasteiger partial charge in [-0.1, -0.05) is 24.3 Å². The maximum absolute atomic E-state index is 5.73. The number of methoxy groups -OCH3 is 1. The van der Waals surface area contributed by atoms with E-state index >= 15 is 0 Å². The van der Waals surface area contributed by atoms with E-state index in [2.05, 4.69) is 22.5 Å². The van der Waals surface area contributed by atoms with Crippen LogP contribution in [0.15, 0.2) is 47.5 Å². The Morgan fingerprint density at radius 2 is 1.71 bits per heavy atom. The molecule has 0 aliphatic carbocycles. The van der Waals surface area contributed by atoms with Gasteiger partial charge in [0.15, 0.2) is 17.5 Å². The van der Waals surface area contributed by atoms with Crippen molar-refractivity contribution in [1.82, 2.24) is 10.6 Å². The Labute approximate surface area is 167 Å². The first-order chi connectivity index (χ1) is 13.6. The largest absolute Gasteiger partial charge is 0.496 e. The molecule has 0 aliphatic heterocycles. The average Bonchev–Trinajstić information content (AvgIpc) is 2.72. The fourth-order valence-electron chi connectivity index (χ4n) is 2.85. The van der Waals surface area contributed by atoms with Gasteiger partial charge >= 0.3 is 0 Å². The van der Waals surface area contributed by atoms with E-state index in [9.17, 15) is 0 Å². The topological polar surface area (TPSA) is 64.1 Å². The summed E-state index contributed by atoms with van der Waals surface area (Å²) in [5.74, 6) is 3.09. The Balaban J connectivity index is 2.05. The number of nitrogens with one attached hydrogen (secondary N) is 2. The zero-order valence-corrected chi connectivity index (χ0v) is 17.4. The van der Waals surface area contributed by atoms with Crippen LogP contribution in [0.2, 0.25) is 0 Å². The molecule has 152 valence electrons. The molecule has 1 atom stereocenters. The average molecular weight is 386 g/mol. The Morgan fingerprint density at radius 1 is 1.00 bits per heavy atom. The van der Waals surface area contributed by atoms with E-state index in [1.165, 1.54) is 0 Å². The standard InChI is InChI=1S/C22H31N3O3/c1-6-27-20-13-12-17(14-21(20)28-7-2)16(3)25-22(23-4)24-15-18-10-8-9-11-19(18)26-5/h8-14,16H,6-7,15H2,1-5H3,(H2,23,24,25). The minimum Gasteiger partial charge on any atom is -0.496 e. The van der Waals surface area contributed by atoms with Crippen LogP contribution in [0.4, 0.5) is 0 Å². The molecule has 2 aromatic rings. The highest BCUT2D eigenvalue weighted by molar-refractivity contribution is 5.80. The minimum absolute atomic E-state index is 0.0405. The highest BCUT2D eigenvalue weighted by atomic mass is 16.5. The Kier molecular flexibility index (Phi) is 8.46. The van der Waals surface area contributed by atoms with Gasteiger partial charge in [-0.05, 0) is 44.5 Å². The summed E-state index contributed by atoms with van der Waals surface area (Å²) in [6, 6.07) is 14.0. The van der Waals surface area contributed by atoms with Crippen molar-refractivity contribution in [2.45, 2.75) is 33.4 Å². The maximum Gasteiger partial charge on any atom is 0.191 e. The molecule has 6 heteroatoms. The van der Waals surface area contributed by atoms with Gasteiger partial charge < -0.3 is 24.8 Å². The molecule has 0 saturated carbocycles. The number of rotatable bonds is 9. The summed E-state index contributed by atoms with van der Waals surface area (Å²) >= 11 is 0. The molecule has 6 nitrogen and oxygen atoms in total. The van der Waals surface area contributed by atoms with E-state index in [1.54, 1.807) is 14.2 Å². The Morgan fingerprint density at radius 3 is 2.39 bits per heavy atom. The van der Waals surface area contributed by atoms with Crippen molar-refractivity contribution < 1.29 is 14.2 Å². The smallest absolute Gasteiger partial charge is 0.191 e. The van der Waals surface area contributed by atoms with E-state index < -0.39 is 0 Å². The molecular weight excluding hydrogens is 354 g/mol. The maximum atomic E-state index is 5.73. The quantitative estimate of drug-likeness (QED) is 0.506. The van der Waals surface area contributed by atoms with Crippen molar-refractivity contribution in [2.24, 2.45) is 4.99 Å². The van der Waals surface area contributed by atoms with Crippen LogP contribution in [0.5, 0.6) is 17.2 Å². The lowest BCUT2D eigenvalue weighted by Gasteiger charge is -2.20. The minimum atomic E-state index is 0.0405. The fourth-order valence-corrected chi connectivity index (χ4v) is 2.85. The monoisotopic (exact) mass is 385 g/mol. The SMILES string of the molecule is CCOc1ccc(C(C)NC(=NC)NCc2ccccc2OC)cc1OCC. The molecule has 0 spiro atoms. The third-order valence-electron chi connectivity index (χ3n) is 4.28. The number of para-hydroxylation sites is 1. The van der Waals surface area contributed by atoms with Crippen LogP contribution in [0.25, 0.3) is 0 Å². The second kappa shape index (κ2) is 11.1. The number of aliphatic imine (C=N–C) groups is 1. The van der Waals surface area contributed by atoms with Gasteiger partial charge in [-0.3, -0.25) is 4.99 Å². The molecule has 0 bridgehead atoms. The summed E-state index contributed by atoms with van der Waals surface area (Å²) in [7, 11) is 3.43. The zero-order valence-electron chi connectivity index (χ0n) is 17.4. The van der Waals surface area contributed by atoms with E-state index in [0.29, 0.717) is 25.7 Å². The number of ether oxygens (including phenoxy) is 3. The normalized spacial score (nSPS) is 12.2. The number of guanidine groups is 1. The van der Waals surface area contributed by atoms with Crippen molar-refractivity contribution in [3.05, 3.63) is 53.6 Å². The first kappa shape index (κ1) is 21.4. The number of hydrogen-bond donors (Lipinski definition) is 2. The van der Waals surface area contributed by atoms with E-state index in [1.807, 2.05) is 56.3 Å². The van der Waals surface area contributed by atoms with Crippen LogP contribution >= 0.6 is 0 Å². The van der Waals surface area contributed by atoms with Gasteiger partial charge in [-0.15, -0.1) is 0 Å². The van der Waals surface area contributed by atoms with Gasteiger partial charge in [-0.2, -0.15) is 0 Å². The highest BCUT2D eigenvalue weighted by Gasteiger charge is 2.13. The summed E-state index contributed by atoms with van der Waals surface area (Å²) in [5.41, 5.74) is 2.16. The summed E-state index contributed by atoms with van der Waals surface area (Å²) in [4.78, 5) is 4.33. The van der Waals surface area contributed by atoms with Gasteiger partial charge in [0.25, 0.3) is 0 Å². The molecule has 2 aromatic carbocycles. The fraction of sp³-hybridized carbons (Fsp3) is 0.409. The Bertz CT molecular complexity index is 777. The van der Waals surface area contributed by atoms with Crippen molar-refractivity contribution >= 4 is 5.96 Å². The lowest BCUT2D eigenvalue weighted by Crippen LogP contribution is -2.38. The van der Waals surface area contributed by atoms with Crippen LogP contribution in [0.1, 0.15) is 37.9 Å². The highest BCUT2D eigenvalue weighted by Crippen LogP contribution is 2.30. The molecule has 0 heterocycles. The summed E-state index contributed by atoms with van der Waals surface area (Å²) in [5, 5.41) is 6.75. The van der Waals surface area contributed by atoms with Crippen molar-refractivity contribution in [3.8, 4) is 17.2 Å². The molecule has 0 aromatic heterocycles. The van der Waals surface area contributed by atoms with Gasteiger partial charge in [0.1, 0.15) is 5.75 Å². The number of hydrogen-bond acceptors (Lipinski definition) is 4. The molecule has 0 aliphatic rings. The van der Waals surface area contributed by atoms with Crippen LogP contribution in [-0.4, -0.2) is 33.3 Å². The van der Waals surface area contributed by atoms with Gasteiger partial charge in [0.05, 0.1) is 26.4 Å². The molecule has 0 radical (unpaired) electrons. The van der Waals surface area contributed by atoms with Crippen molar-refractivity contribution in [1.29, 1.82) is 0 Å². The Hall–Kier alpha value is -2.89. The first-order valence-electron chi connectivity index (χ1n) is 9.61. The lowest BCUT2D eigenvalue weighted by molar-refractivity contribution is 0.287. The molecule has 1 unspecified atom stereocenters.